The molecule has 6 nitrogen and oxygen atoms in total. The number of benzene rings is 1. The third-order valence-corrected chi connectivity index (χ3v) is 4.53. The quantitative estimate of drug-likeness (QED) is 0.887. The first-order valence-electron chi connectivity index (χ1n) is 8.78. The monoisotopic (exact) mass is 352 g/mol. The predicted molar refractivity (Wildman–Crippen MR) is 101 cm³/mol. The highest BCUT2D eigenvalue weighted by molar-refractivity contribution is 5.97. The summed E-state index contributed by atoms with van der Waals surface area (Å²) < 4.78 is 0. The number of hydrogen-bond acceptors (Lipinski definition) is 4. The highest BCUT2D eigenvalue weighted by atomic mass is 16.2. The average Bonchev–Trinajstić information content (AvgIpc) is 2.78. The van der Waals surface area contributed by atoms with Gasteiger partial charge in [-0.15, -0.1) is 0 Å². The Morgan fingerprint density at radius 3 is 2.73 bits per heavy atom. The molecule has 0 fully saturated rings. The Hall–Kier alpha value is -2.73. The lowest BCUT2D eigenvalue weighted by Crippen LogP contribution is -2.29. The Bertz CT molecular complexity index is 815. The maximum absolute atomic E-state index is 12.2. The summed E-state index contributed by atoms with van der Waals surface area (Å²) in [5, 5.41) is 5.54. The molecule has 2 heterocycles. The van der Waals surface area contributed by atoms with Gasteiger partial charge in [0.15, 0.2) is 0 Å². The Balaban J connectivity index is 1.81. The fourth-order valence-electron chi connectivity index (χ4n) is 3.03. The number of nitrogens with one attached hydrogen (secondary N) is 2. The largest absolute Gasteiger partial charge is 0.355 e. The second-order valence-corrected chi connectivity index (χ2v) is 6.88. The van der Waals surface area contributed by atoms with E-state index in [1.165, 1.54) is 5.56 Å². The van der Waals surface area contributed by atoms with Gasteiger partial charge in [0.25, 0.3) is 5.91 Å². The molecular weight excluding hydrogens is 328 g/mol. The minimum absolute atomic E-state index is 0.0600. The van der Waals surface area contributed by atoms with Crippen molar-refractivity contribution in [1.29, 1.82) is 0 Å². The van der Waals surface area contributed by atoms with Gasteiger partial charge in [0.05, 0.1) is 12.2 Å². The smallest absolute Gasteiger partial charge is 0.251 e. The molecule has 2 aromatic rings. The Kier molecular flexibility index (Phi) is 5.32. The minimum atomic E-state index is -0.138. The number of carbonyl (C=O) groups is 2. The van der Waals surface area contributed by atoms with Crippen LogP contribution in [0, 0.1) is 0 Å². The van der Waals surface area contributed by atoms with Crippen molar-refractivity contribution in [3.05, 3.63) is 58.9 Å². The van der Waals surface area contributed by atoms with E-state index >= 15 is 0 Å². The Morgan fingerprint density at radius 1 is 1.27 bits per heavy atom. The molecule has 1 aliphatic heterocycles. The van der Waals surface area contributed by atoms with Crippen LogP contribution in [0.1, 0.15) is 46.9 Å². The fourth-order valence-corrected chi connectivity index (χ4v) is 3.03. The molecule has 136 valence electrons. The summed E-state index contributed by atoms with van der Waals surface area (Å²) in [7, 11) is 1.61. The molecule has 6 heteroatoms. The number of pyridine rings is 1. The van der Waals surface area contributed by atoms with Gasteiger partial charge in [-0.05, 0) is 41.3 Å². The number of amides is 2. The molecule has 2 amide bonds. The maximum atomic E-state index is 12.2. The molecule has 0 atom stereocenters. The van der Waals surface area contributed by atoms with Gasteiger partial charge in [0, 0.05) is 37.6 Å². The molecule has 2 N–H and O–H groups in total. The van der Waals surface area contributed by atoms with Crippen LogP contribution in [0.25, 0.3) is 0 Å². The van der Waals surface area contributed by atoms with Gasteiger partial charge >= 0.3 is 0 Å². The predicted octanol–water partition coefficient (Wildman–Crippen LogP) is 2.52. The number of anilines is 1. The third kappa shape index (κ3) is 4.08. The first-order valence-corrected chi connectivity index (χ1v) is 8.78. The summed E-state index contributed by atoms with van der Waals surface area (Å²) in [6.45, 7) is 5.72. The molecule has 0 saturated heterocycles. The standard InChI is InChI=1S/C20H24N4O2/c1-13(2)15-4-6-17(22-9-15)11-24-10-16-8-14(20(26)21-3)5-7-18(16)23-19(25)12-24/h4-9,13H,10-12H2,1-3H3,(H,21,26)(H,23,25). The molecule has 26 heavy (non-hydrogen) atoms. The summed E-state index contributed by atoms with van der Waals surface area (Å²) in [5.74, 6) is 0.242. The lowest BCUT2D eigenvalue weighted by atomic mass is 10.1. The molecule has 1 aliphatic rings. The zero-order chi connectivity index (χ0) is 18.7. The van der Waals surface area contributed by atoms with Crippen molar-refractivity contribution in [1.82, 2.24) is 15.2 Å². The molecule has 0 aliphatic carbocycles. The number of nitrogens with zero attached hydrogens (tertiary/aromatic N) is 2. The maximum Gasteiger partial charge on any atom is 0.251 e. The van der Waals surface area contributed by atoms with E-state index in [0.717, 1.165) is 16.9 Å². The SMILES string of the molecule is CNC(=O)c1ccc2c(c1)CN(Cc1ccc(C(C)C)cn1)CC(=O)N2. The van der Waals surface area contributed by atoms with E-state index in [1.54, 1.807) is 19.2 Å². The second-order valence-electron chi connectivity index (χ2n) is 6.88. The van der Waals surface area contributed by atoms with Crippen LogP contribution in [0.15, 0.2) is 36.5 Å². The molecular formula is C20H24N4O2. The first kappa shape index (κ1) is 18.1. The number of rotatable bonds is 4. The topological polar surface area (TPSA) is 74.3 Å². The fraction of sp³-hybridized carbons (Fsp3) is 0.350. The molecule has 0 unspecified atom stereocenters. The van der Waals surface area contributed by atoms with Crippen molar-refractivity contribution < 1.29 is 9.59 Å². The zero-order valence-electron chi connectivity index (χ0n) is 15.4. The van der Waals surface area contributed by atoms with Crippen molar-refractivity contribution in [2.24, 2.45) is 0 Å². The van der Waals surface area contributed by atoms with Gasteiger partial charge in [0.2, 0.25) is 5.91 Å². The van der Waals surface area contributed by atoms with Crippen LogP contribution in [0.4, 0.5) is 5.69 Å². The molecule has 0 spiro atoms. The average molecular weight is 352 g/mol. The minimum Gasteiger partial charge on any atom is -0.355 e. The van der Waals surface area contributed by atoms with Crippen LogP contribution in [0.5, 0.6) is 0 Å². The number of aromatic nitrogens is 1. The van der Waals surface area contributed by atoms with Gasteiger partial charge in [-0.25, -0.2) is 0 Å². The zero-order valence-corrected chi connectivity index (χ0v) is 15.4. The van der Waals surface area contributed by atoms with Gasteiger partial charge in [-0.1, -0.05) is 19.9 Å². The summed E-state index contributed by atoms with van der Waals surface area (Å²) in [4.78, 5) is 30.7. The summed E-state index contributed by atoms with van der Waals surface area (Å²) in [6.07, 6.45) is 1.90. The van der Waals surface area contributed by atoms with E-state index in [0.29, 0.717) is 24.6 Å². The molecule has 0 saturated carbocycles. The van der Waals surface area contributed by atoms with Crippen molar-refractivity contribution in [3.8, 4) is 0 Å². The molecule has 0 bridgehead atoms. The number of fused-ring (bicyclic) bond motifs is 1. The van der Waals surface area contributed by atoms with Crippen LogP contribution in [0.2, 0.25) is 0 Å². The van der Waals surface area contributed by atoms with Crippen LogP contribution < -0.4 is 10.6 Å². The second kappa shape index (κ2) is 7.66. The van der Waals surface area contributed by atoms with Crippen molar-refractivity contribution >= 4 is 17.5 Å². The van der Waals surface area contributed by atoms with Crippen LogP contribution in [0.3, 0.4) is 0 Å². The lowest BCUT2D eigenvalue weighted by Gasteiger charge is -2.19. The van der Waals surface area contributed by atoms with E-state index < -0.39 is 0 Å². The van der Waals surface area contributed by atoms with Crippen molar-refractivity contribution in [2.75, 3.05) is 18.9 Å². The Labute approximate surface area is 153 Å². The van der Waals surface area contributed by atoms with E-state index in [-0.39, 0.29) is 18.4 Å². The van der Waals surface area contributed by atoms with E-state index in [9.17, 15) is 9.59 Å². The summed E-state index contributed by atoms with van der Waals surface area (Å²) >= 11 is 0. The third-order valence-electron chi connectivity index (χ3n) is 4.53. The van der Waals surface area contributed by atoms with E-state index in [1.807, 2.05) is 23.2 Å². The Morgan fingerprint density at radius 2 is 2.08 bits per heavy atom. The van der Waals surface area contributed by atoms with Crippen LogP contribution in [-0.4, -0.2) is 35.3 Å². The van der Waals surface area contributed by atoms with Crippen molar-refractivity contribution in [2.45, 2.75) is 32.9 Å². The number of hydrogen-bond donors (Lipinski definition) is 2. The van der Waals surface area contributed by atoms with Gasteiger partial charge < -0.3 is 10.6 Å². The normalized spacial score (nSPS) is 14.5. The summed E-state index contributed by atoms with van der Waals surface area (Å²) in [5.41, 5.74) is 4.39. The van der Waals surface area contributed by atoms with Gasteiger partial charge in [-0.3, -0.25) is 19.5 Å². The van der Waals surface area contributed by atoms with E-state index in [2.05, 4.69) is 35.5 Å². The van der Waals surface area contributed by atoms with Crippen LogP contribution >= 0.6 is 0 Å². The summed E-state index contributed by atoms with van der Waals surface area (Å²) in [6, 6.07) is 9.45. The van der Waals surface area contributed by atoms with Crippen molar-refractivity contribution in [3.63, 3.8) is 0 Å². The molecule has 1 aromatic carbocycles. The molecule has 1 aromatic heterocycles. The molecule has 0 radical (unpaired) electrons. The highest BCUT2D eigenvalue weighted by Crippen LogP contribution is 2.23. The lowest BCUT2D eigenvalue weighted by molar-refractivity contribution is -0.117. The van der Waals surface area contributed by atoms with Gasteiger partial charge in [0.1, 0.15) is 0 Å². The first-order chi connectivity index (χ1) is 12.5. The van der Waals surface area contributed by atoms with Gasteiger partial charge in [-0.2, -0.15) is 0 Å². The van der Waals surface area contributed by atoms with E-state index in [4.69, 9.17) is 0 Å². The highest BCUT2D eigenvalue weighted by Gasteiger charge is 2.21. The molecule has 3 rings (SSSR count). The van der Waals surface area contributed by atoms with Crippen LogP contribution in [-0.2, 0) is 17.9 Å². The number of carbonyl (C=O) groups excluding carboxylic acids is 2.